The average Bonchev–Trinajstić information content (AvgIpc) is 2.99. The summed E-state index contributed by atoms with van der Waals surface area (Å²) in [4.78, 5) is 20.5. The van der Waals surface area contributed by atoms with Crippen LogP contribution >= 0.6 is 22.9 Å². The molecular formula is C15H11ClN4OS. The molecule has 0 aliphatic carbocycles. The molecule has 0 saturated heterocycles. The Morgan fingerprint density at radius 1 is 1.05 bits per heavy atom. The topological polar surface area (TPSA) is 66.9 Å². The molecule has 0 bridgehead atoms. The molecule has 0 fully saturated rings. The van der Waals surface area contributed by atoms with E-state index in [1.807, 2.05) is 23.6 Å². The number of carbonyl (C=O) groups excluding carboxylic acids is 1. The molecule has 7 heteroatoms. The summed E-state index contributed by atoms with van der Waals surface area (Å²) in [5.41, 5.74) is 2.15. The molecule has 2 N–H and O–H groups in total. The molecule has 0 unspecified atom stereocenters. The Morgan fingerprint density at radius 2 is 1.86 bits per heavy atom. The van der Waals surface area contributed by atoms with E-state index >= 15 is 0 Å². The largest absolute Gasteiger partial charge is 0.325 e. The second-order valence-electron chi connectivity index (χ2n) is 4.34. The molecule has 3 aromatic rings. The van der Waals surface area contributed by atoms with Gasteiger partial charge in [-0.1, -0.05) is 17.7 Å². The minimum absolute atomic E-state index is 0.357. The van der Waals surface area contributed by atoms with Crippen molar-refractivity contribution < 1.29 is 4.79 Å². The van der Waals surface area contributed by atoms with Gasteiger partial charge in [0.25, 0.3) is 0 Å². The molecule has 2 amide bonds. The highest BCUT2D eigenvalue weighted by molar-refractivity contribution is 7.14. The fraction of sp³-hybridized carbons (Fsp3) is 0. The van der Waals surface area contributed by atoms with Crippen LogP contribution in [0, 0.1) is 0 Å². The van der Waals surface area contributed by atoms with Gasteiger partial charge < -0.3 is 5.32 Å². The van der Waals surface area contributed by atoms with Gasteiger partial charge in [-0.05, 0) is 36.4 Å². The van der Waals surface area contributed by atoms with Crippen LogP contribution in [0.25, 0.3) is 11.4 Å². The highest BCUT2D eigenvalue weighted by atomic mass is 35.5. The number of benzene rings is 1. The van der Waals surface area contributed by atoms with Gasteiger partial charge in [-0.25, -0.2) is 9.78 Å². The molecule has 2 aromatic heterocycles. The van der Waals surface area contributed by atoms with Crippen LogP contribution < -0.4 is 10.6 Å². The van der Waals surface area contributed by atoms with Crippen molar-refractivity contribution in [1.82, 2.24) is 9.97 Å². The maximum absolute atomic E-state index is 11.9. The van der Waals surface area contributed by atoms with Crippen molar-refractivity contribution in [2.75, 3.05) is 10.6 Å². The van der Waals surface area contributed by atoms with E-state index in [0.29, 0.717) is 15.8 Å². The predicted octanol–water partition coefficient (Wildman–Crippen LogP) is 4.50. The Hall–Kier alpha value is -2.44. The molecule has 2 heterocycles. The van der Waals surface area contributed by atoms with E-state index in [-0.39, 0.29) is 6.03 Å². The first-order chi connectivity index (χ1) is 10.7. The van der Waals surface area contributed by atoms with E-state index in [1.54, 1.807) is 30.5 Å². The Bertz CT molecular complexity index is 774. The summed E-state index contributed by atoms with van der Waals surface area (Å²) in [7, 11) is 0. The molecule has 22 heavy (non-hydrogen) atoms. The number of amides is 2. The number of aromatic nitrogens is 2. The van der Waals surface area contributed by atoms with Crippen LogP contribution in [0.1, 0.15) is 0 Å². The molecule has 0 aliphatic heterocycles. The Labute approximate surface area is 136 Å². The van der Waals surface area contributed by atoms with Gasteiger partial charge in [0, 0.05) is 22.3 Å². The SMILES string of the molecule is O=C(Nc1ccc(Cl)cc1)Nc1nc(-c2ccccn2)cs1. The van der Waals surface area contributed by atoms with Crippen molar-refractivity contribution in [3.05, 3.63) is 59.1 Å². The quantitative estimate of drug-likeness (QED) is 0.742. The lowest BCUT2D eigenvalue weighted by molar-refractivity contribution is 0.262. The monoisotopic (exact) mass is 330 g/mol. The number of hydrogen-bond acceptors (Lipinski definition) is 4. The first-order valence-corrected chi connectivity index (χ1v) is 7.67. The number of carbonyl (C=O) groups is 1. The maximum atomic E-state index is 11.9. The van der Waals surface area contributed by atoms with Crippen LogP contribution in [0.5, 0.6) is 0 Å². The zero-order valence-electron chi connectivity index (χ0n) is 11.3. The van der Waals surface area contributed by atoms with Gasteiger partial charge >= 0.3 is 6.03 Å². The summed E-state index contributed by atoms with van der Waals surface area (Å²) >= 11 is 7.14. The van der Waals surface area contributed by atoms with Crippen LogP contribution in [-0.2, 0) is 0 Å². The molecule has 110 valence electrons. The normalized spacial score (nSPS) is 10.2. The number of urea groups is 1. The molecular weight excluding hydrogens is 320 g/mol. The van der Waals surface area contributed by atoms with Crippen LogP contribution in [0.3, 0.4) is 0 Å². The highest BCUT2D eigenvalue weighted by Crippen LogP contribution is 2.23. The molecule has 3 rings (SSSR count). The summed E-state index contributed by atoms with van der Waals surface area (Å²) in [6.07, 6.45) is 1.70. The number of rotatable bonds is 3. The summed E-state index contributed by atoms with van der Waals surface area (Å²) in [6.45, 7) is 0. The zero-order valence-corrected chi connectivity index (χ0v) is 12.9. The number of hydrogen-bond donors (Lipinski definition) is 2. The van der Waals surface area contributed by atoms with E-state index in [1.165, 1.54) is 11.3 Å². The molecule has 5 nitrogen and oxygen atoms in total. The van der Waals surface area contributed by atoms with E-state index in [9.17, 15) is 4.79 Å². The maximum Gasteiger partial charge on any atom is 0.325 e. The van der Waals surface area contributed by atoms with Crippen molar-refractivity contribution in [3.63, 3.8) is 0 Å². The van der Waals surface area contributed by atoms with Gasteiger partial charge in [0.15, 0.2) is 5.13 Å². The number of pyridine rings is 1. The van der Waals surface area contributed by atoms with Gasteiger partial charge in [0.1, 0.15) is 5.69 Å². The van der Waals surface area contributed by atoms with Crippen molar-refractivity contribution in [2.45, 2.75) is 0 Å². The first kappa shape index (κ1) is 14.5. The minimum atomic E-state index is -0.357. The van der Waals surface area contributed by atoms with Crippen LogP contribution in [0.15, 0.2) is 54.0 Å². The second-order valence-corrected chi connectivity index (χ2v) is 5.63. The van der Waals surface area contributed by atoms with E-state index in [0.717, 1.165) is 11.4 Å². The molecule has 0 atom stereocenters. The lowest BCUT2D eigenvalue weighted by Crippen LogP contribution is -2.19. The lowest BCUT2D eigenvalue weighted by atomic mass is 10.3. The van der Waals surface area contributed by atoms with Crippen LogP contribution in [0.2, 0.25) is 5.02 Å². The number of anilines is 2. The third kappa shape index (κ3) is 3.60. The lowest BCUT2D eigenvalue weighted by Gasteiger charge is -2.05. The molecule has 1 aromatic carbocycles. The molecule has 0 radical (unpaired) electrons. The highest BCUT2D eigenvalue weighted by Gasteiger charge is 2.08. The van der Waals surface area contributed by atoms with Crippen molar-refractivity contribution in [2.24, 2.45) is 0 Å². The fourth-order valence-electron chi connectivity index (χ4n) is 1.76. The minimum Gasteiger partial charge on any atom is -0.308 e. The van der Waals surface area contributed by atoms with Crippen LogP contribution in [0.4, 0.5) is 15.6 Å². The standard InChI is InChI=1S/C15H11ClN4OS/c16-10-4-6-11(7-5-10)18-14(21)20-15-19-13(9-22-15)12-3-1-2-8-17-12/h1-9H,(H2,18,19,20,21). The number of nitrogens with zero attached hydrogens (tertiary/aromatic N) is 2. The van der Waals surface area contributed by atoms with E-state index < -0.39 is 0 Å². The van der Waals surface area contributed by atoms with Gasteiger partial charge in [0.2, 0.25) is 0 Å². The van der Waals surface area contributed by atoms with Crippen molar-refractivity contribution in [1.29, 1.82) is 0 Å². The number of halogens is 1. The summed E-state index contributed by atoms with van der Waals surface area (Å²) in [5.74, 6) is 0. The fourth-order valence-corrected chi connectivity index (χ4v) is 2.58. The predicted molar refractivity (Wildman–Crippen MR) is 89.4 cm³/mol. The number of nitrogens with one attached hydrogen (secondary N) is 2. The van der Waals surface area contributed by atoms with Gasteiger partial charge in [-0.3, -0.25) is 10.3 Å². The van der Waals surface area contributed by atoms with Crippen molar-refractivity contribution in [3.8, 4) is 11.4 Å². The van der Waals surface area contributed by atoms with E-state index in [4.69, 9.17) is 11.6 Å². The first-order valence-electron chi connectivity index (χ1n) is 6.41. The summed E-state index contributed by atoms with van der Waals surface area (Å²) in [5, 5.41) is 8.37. The second kappa shape index (κ2) is 6.55. The van der Waals surface area contributed by atoms with Crippen LogP contribution in [-0.4, -0.2) is 16.0 Å². The third-order valence-electron chi connectivity index (χ3n) is 2.75. The third-order valence-corrected chi connectivity index (χ3v) is 3.76. The number of thiazole rings is 1. The van der Waals surface area contributed by atoms with Gasteiger partial charge in [0.05, 0.1) is 5.69 Å². The Morgan fingerprint density at radius 3 is 2.59 bits per heavy atom. The summed E-state index contributed by atoms with van der Waals surface area (Å²) < 4.78 is 0. The molecule has 0 spiro atoms. The van der Waals surface area contributed by atoms with E-state index in [2.05, 4.69) is 20.6 Å². The van der Waals surface area contributed by atoms with Gasteiger partial charge in [-0.15, -0.1) is 11.3 Å². The van der Waals surface area contributed by atoms with Crippen molar-refractivity contribution >= 4 is 39.8 Å². The zero-order chi connectivity index (χ0) is 15.4. The summed E-state index contributed by atoms with van der Waals surface area (Å²) in [6, 6.07) is 12.1. The smallest absolute Gasteiger partial charge is 0.308 e. The molecule has 0 saturated carbocycles. The average molecular weight is 331 g/mol. The van der Waals surface area contributed by atoms with Gasteiger partial charge in [-0.2, -0.15) is 0 Å². The Balaban J connectivity index is 1.65. The molecule has 0 aliphatic rings. The Kier molecular flexibility index (Phi) is 4.32.